The van der Waals surface area contributed by atoms with E-state index in [9.17, 15) is 9.59 Å². The van der Waals surface area contributed by atoms with Gasteiger partial charge in [-0.05, 0) is 60.9 Å². The zero-order valence-electron chi connectivity index (χ0n) is 20.5. The van der Waals surface area contributed by atoms with Gasteiger partial charge in [-0.15, -0.1) is 11.3 Å². The number of halogens is 2. The Hall–Kier alpha value is -2.62. The molecule has 1 aliphatic rings. The summed E-state index contributed by atoms with van der Waals surface area (Å²) in [5.41, 5.74) is 3.32. The molecule has 0 unspecified atom stereocenters. The number of hydrogen-bond donors (Lipinski definition) is 2. The smallest absolute Gasteiger partial charge is 0.255 e. The number of likely N-dealkylation sites (tertiary alicyclic amines) is 1. The molecule has 2 amide bonds. The lowest BCUT2D eigenvalue weighted by Gasteiger charge is -2.32. The molecule has 4 aromatic rings. The number of amides is 2. The van der Waals surface area contributed by atoms with E-state index < -0.39 is 0 Å². The van der Waals surface area contributed by atoms with E-state index in [2.05, 4.69) is 20.5 Å². The average molecular weight is 586 g/mol. The Balaban J connectivity index is 1.08. The molecule has 1 aromatic heterocycles. The Morgan fingerprint density at radius 3 is 2.55 bits per heavy atom. The third kappa shape index (κ3) is 7.07. The van der Waals surface area contributed by atoms with Crippen molar-refractivity contribution in [3.8, 4) is 0 Å². The predicted molar refractivity (Wildman–Crippen MR) is 158 cm³/mol. The van der Waals surface area contributed by atoms with Crippen LogP contribution in [-0.4, -0.2) is 46.6 Å². The van der Waals surface area contributed by atoms with Crippen LogP contribution < -0.4 is 10.6 Å². The summed E-state index contributed by atoms with van der Waals surface area (Å²) in [4.78, 5) is 32.1. The molecule has 196 valence electrons. The van der Waals surface area contributed by atoms with Crippen molar-refractivity contribution in [1.82, 2.24) is 15.2 Å². The van der Waals surface area contributed by atoms with Crippen LogP contribution >= 0.6 is 46.3 Å². The molecule has 6 nitrogen and oxygen atoms in total. The highest BCUT2D eigenvalue weighted by Crippen LogP contribution is 2.31. The zero-order valence-corrected chi connectivity index (χ0v) is 23.6. The van der Waals surface area contributed by atoms with Crippen LogP contribution in [0.25, 0.3) is 10.2 Å². The van der Waals surface area contributed by atoms with Gasteiger partial charge in [-0.2, -0.15) is 0 Å². The van der Waals surface area contributed by atoms with Crippen LogP contribution in [0.4, 0.5) is 5.69 Å². The van der Waals surface area contributed by atoms with Gasteiger partial charge in [-0.3, -0.25) is 14.5 Å². The fourth-order valence-corrected chi connectivity index (χ4v) is 6.60. The van der Waals surface area contributed by atoms with Crippen molar-refractivity contribution >= 4 is 74.0 Å². The Labute approximate surface area is 239 Å². The van der Waals surface area contributed by atoms with Crippen LogP contribution in [0.5, 0.6) is 0 Å². The van der Waals surface area contributed by atoms with Crippen LogP contribution in [0.3, 0.4) is 0 Å². The summed E-state index contributed by atoms with van der Waals surface area (Å²) >= 11 is 15.1. The molecule has 38 heavy (non-hydrogen) atoms. The van der Waals surface area contributed by atoms with Gasteiger partial charge in [0.25, 0.3) is 5.91 Å². The number of piperidine rings is 1. The highest BCUT2D eigenvalue weighted by atomic mass is 35.5. The van der Waals surface area contributed by atoms with Crippen molar-refractivity contribution in [3.05, 3.63) is 87.9 Å². The third-order valence-corrected chi connectivity index (χ3v) is 9.23. The van der Waals surface area contributed by atoms with Crippen molar-refractivity contribution in [2.24, 2.45) is 0 Å². The Morgan fingerprint density at radius 1 is 1.00 bits per heavy atom. The molecule has 0 aliphatic carbocycles. The lowest BCUT2D eigenvalue weighted by atomic mass is 10.0. The molecular weight excluding hydrogens is 559 g/mol. The number of aromatic nitrogens is 1. The zero-order chi connectivity index (χ0) is 26.5. The molecular formula is C28H26Cl2N4O2S2. The highest BCUT2D eigenvalue weighted by molar-refractivity contribution is 8.01. The summed E-state index contributed by atoms with van der Waals surface area (Å²) in [6.07, 6.45) is 1.83. The molecule has 1 saturated heterocycles. The molecule has 5 rings (SSSR count). The molecule has 1 aliphatic heterocycles. The maximum Gasteiger partial charge on any atom is 0.255 e. The van der Waals surface area contributed by atoms with Gasteiger partial charge < -0.3 is 10.6 Å². The monoisotopic (exact) mass is 584 g/mol. The quantitative estimate of drug-likeness (QED) is 0.225. The second-order valence-corrected chi connectivity index (χ2v) is 12.2. The van der Waals surface area contributed by atoms with E-state index in [4.69, 9.17) is 23.2 Å². The van der Waals surface area contributed by atoms with Crippen molar-refractivity contribution in [1.29, 1.82) is 0 Å². The lowest BCUT2D eigenvalue weighted by molar-refractivity contribution is -0.119. The minimum atomic E-state index is -0.152. The number of benzene rings is 3. The molecule has 0 atom stereocenters. The summed E-state index contributed by atoms with van der Waals surface area (Å²) in [7, 11) is 0. The summed E-state index contributed by atoms with van der Waals surface area (Å²) in [5.74, 6) is 0.190. The average Bonchev–Trinajstić information content (AvgIpc) is 3.33. The van der Waals surface area contributed by atoms with Gasteiger partial charge >= 0.3 is 0 Å². The molecule has 0 spiro atoms. The van der Waals surface area contributed by atoms with E-state index in [1.165, 1.54) is 23.1 Å². The van der Waals surface area contributed by atoms with Gasteiger partial charge in [-0.25, -0.2) is 4.98 Å². The standard InChI is InChI=1S/C28H26Cl2N4O2S2/c29-22-8-6-18(14-23(22)30)16-34-12-10-20(11-13-34)31-26(35)17-37-28-33-24-9-7-21(15-25(24)38-28)32-27(36)19-4-2-1-3-5-19/h1-9,14-15,20H,10-13,16-17H2,(H,31,35)(H,32,36). The van der Waals surface area contributed by atoms with E-state index in [0.717, 1.165) is 58.3 Å². The number of carbonyl (C=O) groups excluding carboxylic acids is 2. The first-order valence-electron chi connectivity index (χ1n) is 12.3. The largest absolute Gasteiger partial charge is 0.353 e. The van der Waals surface area contributed by atoms with E-state index in [1.54, 1.807) is 12.1 Å². The lowest BCUT2D eigenvalue weighted by Crippen LogP contribution is -2.44. The number of rotatable bonds is 8. The first kappa shape index (κ1) is 27.0. The van der Waals surface area contributed by atoms with Gasteiger partial charge in [0.05, 0.1) is 26.0 Å². The summed E-state index contributed by atoms with van der Waals surface area (Å²) in [6.45, 7) is 2.65. The van der Waals surface area contributed by atoms with E-state index >= 15 is 0 Å². The summed E-state index contributed by atoms with van der Waals surface area (Å²) in [6, 6.07) is 20.7. The second kappa shape index (κ2) is 12.5. The molecule has 0 saturated carbocycles. The van der Waals surface area contributed by atoms with Crippen molar-refractivity contribution < 1.29 is 9.59 Å². The first-order valence-corrected chi connectivity index (χ1v) is 14.8. The van der Waals surface area contributed by atoms with Gasteiger partial charge in [-0.1, -0.05) is 59.2 Å². The number of fused-ring (bicyclic) bond motifs is 1. The SMILES string of the molecule is O=C(CSc1nc2ccc(NC(=O)c3ccccc3)cc2s1)NC1CCN(Cc2ccc(Cl)c(Cl)c2)CC1. The van der Waals surface area contributed by atoms with Gasteiger partial charge in [0.1, 0.15) is 0 Å². The summed E-state index contributed by atoms with van der Waals surface area (Å²) in [5, 5.41) is 7.25. The molecule has 2 N–H and O–H groups in total. The van der Waals surface area contributed by atoms with Gasteiger partial charge in [0.15, 0.2) is 4.34 Å². The number of carbonyl (C=O) groups is 2. The normalized spacial score (nSPS) is 14.5. The van der Waals surface area contributed by atoms with E-state index in [0.29, 0.717) is 21.4 Å². The predicted octanol–water partition coefficient (Wildman–Crippen LogP) is 6.73. The topological polar surface area (TPSA) is 74.3 Å². The van der Waals surface area contributed by atoms with Crippen LogP contribution in [0.1, 0.15) is 28.8 Å². The minimum Gasteiger partial charge on any atom is -0.353 e. The highest BCUT2D eigenvalue weighted by Gasteiger charge is 2.21. The van der Waals surface area contributed by atoms with Crippen LogP contribution in [0, 0.1) is 0 Å². The fourth-order valence-electron chi connectivity index (χ4n) is 4.36. The molecule has 0 radical (unpaired) electrons. The van der Waals surface area contributed by atoms with E-state index in [-0.39, 0.29) is 17.9 Å². The Kier molecular flexibility index (Phi) is 8.86. The molecule has 0 bridgehead atoms. The maximum absolute atomic E-state index is 12.6. The number of hydrogen-bond acceptors (Lipinski definition) is 6. The molecule has 3 aromatic carbocycles. The van der Waals surface area contributed by atoms with Crippen LogP contribution in [0.2, 0.25) is 10.0 Å². The third-order valence-electron chi connectivity index (χ3n) is 6.33. The molecule has 1 fully saturated rings. The number of nitrogens with one attached hydrogen (secondary N) is 2. The van der Waals surface area contributed by atoms with E-state index in [1.807, 2.05) is 54.6 Å². The van der Waals surface area contributed by atoms with Crippen molar-refractivity contribution in [2.45, 2.75) is 29.8 Å². The van der Waals surface area contributed by atoms with Crippen molar-refractivity contribution in [2.75, 3.05) is 24.2 Å². The summed E-state index contributed by atoms with van der Waals surface area (Å²) < 4.78 is 1.80. The van der Waals surface area contributed by atoms with Crippen molar-refractivity contribution in [3.63, 3.8) is 0 Å². The Bertz CT molecular complexity index is 1440. The van der Waals surface area contributed by atoms with Gasteiger partial charge in [0.2, 0.25) is 5.91 Å². The maximum atomic E-state index is 12.6. The fraction of sp³-hybridized carbons (Fsp3) is 0.250. The second-order valence-electron chi connectivity index (χ2n) is 9.14. The van der Waals surface area contributed by atoms with Gasteiger partial charge in [0, 0.05) is 36.9 Å². The number of thioether (sulfide) groups is 1. The first-order chi connectivity index (χ1) is 18.4. The number of thiazole rings is 1. The van der Waals surface area contributed by atoms with Crippen LogP contribution in [-0.2, 0) is 11.3 Å². The minimum absolute atomic E-state index is 0.0213. The number of nitrogens with zero attached hydrogens (tertiary/aromatic N) is 2. The molecule has 2 heterocycles. The number of anilines is 1. The Morgan fingerprint density at radius 2 is 1.79 bits per heavy atom. The van der Waals surface area contributed by atoms with Crippen LogP contribution in [0.15, 0.2) is 71.1 Å². The molecule has 10 heteroatoms.